The summed E-state index contributed by atoms with van der Waals surface area (Å²) in [6, 6.07) is 16.8. The van der Waals surface area contributed by atoms with Crippen molar-refractivity contribution in [3.8, 4) is 5.75 Å². The number of amides is 1. The van der Waals surface area contributed by atoms with E-state index in [1.807, 2.05) is 12.1 Å². The van der Waals surface area contributed by atoms with Gasteiger partial charge in [0.15, 0.2) is 5.82 Å². The molecule has 1 aliphatic carbocycles. The number of tetrazole rings is 1. The maximum atomic E-state index is 11.7. The third-order valence-corrected chi connectivity index (χ3v) is 7.62. The Hall–Kier alpha value is -3.62. The number of carbonyl (C=O) groups is 1. The molecule has 0 bridgehead atoms. The second kappa shape index (κ2) is 10.6. The van der Waals surface area contributed by atoms with E-state index in [0.717, 1.165) is 12.2 Å². The first-order valence-corrected chi connectivity index (χ1v) is 12.7. The molecule has 0 radical (unpaired) electrons. The van der Waals surface area contributed by atoms with Crippen LogP contribution in [0.4, 0.5) is 10.5 Å². The maximum absolute atomic E-state index is 11.7. The molecular weight excluding hydrogens is 456 g/mol. The minimum Gasteiger partial charge on any atom is -0.488 e. The van der Waals surface area contributed by atoms with Gasteiger partial charge < -0.3 is 14.7 Å². The number of aromatic amines is 1. The molecular formula is C27H34N6O3. The van der Waals surface area contributed by atoms with Gasteiger partial charge >= 0.3 is 6.09 Å². The van der Waals surface area contributed by atoms with Gasteiger partial charge in [0, 0.05) is 26.2 Å². The first-order chi connectivity index (χ1) is 17.5. The van der Waals surface area contributed by atoms with Crippen molar-refractivity contribution in [2.75, 3.05) is 25.5 Å². The van der Waals surface area contributed by atoms with Crippen molar-refractivity contribution in [1.29, 1.82) is 0 Å². The summed E-state index contributed by atoms with van der Waals surface area (Å²) >= 11 is 0. The summed E-state index contributed by atoms with van der Waals surface area (Å²) in [7, 11) is 4.15. The van der Waals surface area contributed by atoms with Crippen molar-refractivity contribution < 1.29 is 14.6 Å². The Balaban J connectivity index is 1.15. The fourth-order valence-electron chi connectivity index (χ4n) is 5.67. The minimum atomic E-state index is -1.01. The average molecular weight is 491 g/mol. The number of carboxylic acid groups (broad SMARTS) is 1. The van der Waals surface area contributed by atoms with Gasteiger partial charge in [-0.2, -0.15) is 5.21 Å². The summed E-state index contributed by atoms with van der Waals surface area (Å²) in [6.07, 6.45) is 5.19. The van der Waals surface area contributed by atoms with Gasteiger partial charge in [0.2, 0.25) is 0 Å². The molecule has 2 heterocycles. The van der Waals surface area contributed by atoms with Gasteiger partial charge in [0.05, 0.1) is 6.54 Å². The Kier molecular flexibility index (Phi) is 7.06. The Morgan fingerprint density at radius 1 is 1.14 bits per heavy atom. The zero-order valence-corrected chi connectivity index (χ0v) is 20.9. The van der Waals surface area contributed by atoms with Gasteiger partial charge in [-0.15, -0.1) is 10.2 Å². The van der Waals surface area contributed by atoms with Crippen molar-refractivity contribution in [2.45, 2.75) is 56.6 Å². The van der Waals surface area contributed by atoms with E-state index in [2.05, 4.69) is 76.0 Å². The highest BCUT2D eigenvalue weighted by molar-refractivity contribution is 5.66. The molecule has 2 atom stereocenters. The lowest BCUT2D eigenvalue weighted by Crippen LogP contribution is -2.31. The molecule has 0 spiro atoms. The Bertz CT molecular complexity index is 1140. The number of H-pyrrole nitrogens is 1. The van der Waals surface area contributed by atoms with Crippen LogP contribution in [0.2, 0.25) is 0 Å². The number of benzene rings is 2. The van der Waals surface area contributed by atoms with Crippen molar-refractivity contribution >= 4 is 11.8 Å². The molecule has 0 unspecified atom stereocenters. The molecule has 3 aromatic rings. The Labute approximate surface area is 211 Å². The van der Waals surface area contributed by atoms with Crippen LogP contribution in [0.15, 0.2) is 48.5 Å². The quantitative estimate of drug-likeness (QED) is 0.496. The van der Waals surface area contributed by atoms with Gasteiger partial charge in [-0.05, 0) is 79.3 Å². The van der Waals surface area contributed by atoms with E-state index in [-0.39, 0.29) is 12.6 Å². The van der Waals surface area contributed by atoms with Crippen LogP contribution in [0.1, 0.15) is 61.0 Å². The van der Waals surface area contributed by atoms with E-state index in [1.54, 1.807) is 0 Å². The molecule has 2 fully saturated rings. The van der Waals surface area contributed by atoms with Crippen molar-refractivity contribution in [1.82, 2.24) is 25.5 Å². The van der Waals surface area contributed by atoms with Gasteiger partial charge in [0.25, 0.3) is 0 Å². The van der Waals surface area contributed by atoms with Gasteiger partial charge in [-0.3, -0.25) is 4.90 Å². The SMILES string of the molecule is CN(C)c1ccc(C2CCC(Cc3cccc(O[C@H]4C[C@@H](c5nn[nH]n5)N(C(=O)O)C4)c3)CC2)cc1. The van der Waals surface area contributed by atoms with Crippen LogP contribution in [0, 0.1) is 5.92 Å². The van der Waals surface area contributed by atoms with E-state index in [1.165, 1.54) is 47.4 Å². The predicted octanol–water partition coefficient (Wildman–Crippen LogP) is 4.65. The van der Waals surface area contributed by atoms with Crippen molar-refractivity contribution in [2.24, 2.45) is 5.92 Å². The maximum Gasteiger partial charge on any atom is 0.408 e. The highest BCUT2D eigenvalue weighted by atomic mass is 16.5. The number of anilines is 1. The number of hydrogen-bond acceptors (Lipinski definition) is 6. The summed E-state index contributed by atoms with van der Waals surface area (Å²) in [5.74, 6) is 2.49. The molecule has 2 aliphatic rings. The first kappa shape index (κ1) is 24.1. The highest BCUT2D eigenvalue weighted by Crippen LogP contribution is 2.38. The molecule has 1 aromatic heterocycles. The summed E-state index contributed by atoms with van der Waals surface area (Å²) in [4.78, 5) is 15.2. The molecule has 1 saturated heterocycles. The molecule has 5 rings (SSSR count). The largest absolute Gasteiger partial charge is 0.488 e. The topological polar surface area (TPSA) is 107 Å². The Morgan fingerprint density at radius 3 is 2.58 bits per heavy atom. The lowest BCUT2D eigenvalue weighted by Gasteiger charge is -2.29. The van der Waals surface area contributed by atoms with E-state index < -0.39 is 12.1 Å². The van der Waals surface area contributed by atoms with Gasteiger partial charge in [-0.25, -0.2) is 4.79 Å². The third-order valence-electron chi connectivity index (χ3n) is 7.62. The van der Waals surface area contributed by atoms with Gasteiger partial charge in [-0.1, -0.05) is 29.5 Å². The number of ether oxygens (including phenoxy) is 1. The summed E-state index contributed by atoms with van der Waals surface area (Å²) < 4.78 is 6.22. The molecule has 9 heteroatoms. The molecule has 1 amide bonds. The molecule has 1 aliphatic heterocycles. The molecule has 1 saturated carbocycles. The van der Waals surface area contributed by atoms with Crippen LogP contribution in [-0.2, 0) is 6.42 Å². The molecule has 2 N–H and O–H groups in total. The number of aromatic nitrogens is 4. The molecule has 36 heavy (non-hydrogen) atoms. The van der Waals surface area contributed by atoms with E-state index in [4.69, 9.17) is 4.74 Å². The third kappa shape index (κ3) is 5.45. The fourth-order valence-corrected chi connectivity index (χ4v) is 5.67. The lowest BCUT2D eigenvalue weighted by atomic mass is 9.76. The summed E-state index contributed by atoms with van der Waals surface area (Å²) in [5, 5.41) is 23.5. The smallest absolute Gasteiger partial charge is 0.408 e. The number of nitrogens with one attached hydrogen (secondary N) is 1. The summed E-state index contributed by atoms with van der Waals surface area (Å²) in [6.45, 7) is 0.276. The number of nitrogens with zero attached hydrogens (tertiary/aromatic N) is 5. The summed E-state index contributed by atoms with van der Waals surface area (Å²) in [5.41, 5.74) is 3.97. The highest BCUT2D eigenvalue weighted by Gasteiger charge is 2.40. The van der Waals surface area contributed by atoms with Crippen LogP contribution in [0.25, 0.3) is 0 Å². The van der Waals surface area contributed by atoms with Gasteiger partial charge in [0.1, 0.15) is 17.9 Å². The van der Waals surface area contributed by atoms with E-state index in [9.17, 15) is 9.90 Å². The van der Waals surface area contributed by atoms with Crippen LogP contribution in [-0.4, -0.2) is 63.5 Å². The normalized spacial score (nSPS) is 24.0. The van der Waals surface area contributed by atoms with Crippen molar-refractivity contribution in [3.63, 3.8) is 0 Å². The zero-order valence-electron chi connectivity index (χ0n) is 20.9. The lowest BCUT2D eigenvalue weighted by molar-refractivity contribution is 0.133. The average Bonchev–Trinajstić information content (AvgIpc) is 3.55. The first-order valence-electron chi connectivity index (χ1n) is 12.7. The zero-order chi connectivity index (χ0) is 25.1. The standard InChI is InChI=1S/C27H34N6O3/c1-32(2)22-12-10-21(11-13-22)20-8-6-18(7-9-20)14-19-4-3-5-23(15-19)36-24-16-25(26-28-30-31-29-26)33(17-24)27(34)35/h3-5,10-13,15,18,20,24-25H,6-9,14,16-17H2,1-2H3,(H,34,35)(H,28,29,30,31)/t18?,20?,24-,25-/m0/s1. The number of hydrogen-bond donors (Lipinski definition) is 2. The number of rotatable bonds is 7. The monoisotopic (exact) mass is 490 g/mol. The predicted molar refractivity (Wildman–Crippen MR) is 136 cm³/mol. The molecule has 9 nitrogen and oxygen atoms in total. The number of likely N-dealkylation sites (tertiary alicyclic amines) is 1. The van der Waals surface area contributed by atoms with E-state index >= 15 is 0 Å². The Morgan fingerprint density at radius 2 is 1.92 bits per heavy atom. The van der Waals surface area contributed by atoms with E-state index in [0.29, 0.717) is 24.1 Å². The molecule has 2 aromatic carbocycles. The van der Waals surface area contributed by atoms with Crippen LogP contribution < -0.4 is 9.64 Å². The van der Waals surface area contributed by atoms with Crippen LogP contribution >= 0.6 is 0 Å². The minimum absolute atomic E-state index is 0.255. The van der Waals surface area contributed by atoms with Crippen LogP contribution in [0.5, 0.6) is 5.75 Å². The fraction of sp³-hybridized carbons (Fsp3) is 0.481. The molecule has 190 valence electrons. The van der Waals surface area contributed by atoms with Crippen LogP contribution in [0.3, 0.4) is 0 Å². The second-order valence-electron chi connectivity index (χ2n) is 10.3. The van der Waals surface area contributed by atoms with Crippen molar-refractivity contribution in [3.05, 3.63) is 65.5 Å². The second-order valence-corrected chi connectivity index (χ2v) is 10.3.